The van der Waals surface area contributed by atoms with Crippen molar-refractivity contribution in [1.29, 1.82) is 0 Å². The second-order valence-corrected chi connectivity index (χ2v) is 4.82. The third-order valence-corrected chi connectivity index (χ3v) is 3.41. The van der Waals surface area contributed by atoms with Crippen molar-refractivity contribution < 1.29 is 10.2 Å². The lowest BCUT2D eigenvalue weighted by Crippen LogP contribution is -2.41. The van der Waals surface area contributed by atoms with Crippen LogP contribution < -0.4 is 5.73 Å². The SMILES string of the molecule is NC1CCN(CCCN(CCO)CCO)CC1. The van der Waals surface area contributed by atoms with Crippen molar-refractivity contribution in [2.75, 3.05) is 52.5 Å². The fraction of sp³-hybridized carbons (Fsp3) is 1.00. The number of rotatable bonds is 8. The molecule has 1 fully saturated rings. The van der Waals surface area contributed by atoms with E-state index in [9.17, 15) is 0 Å². The van der Waals surface area contributed by atoms with E-state index in [4.69, 9.17) is 15.9 Å². The fourth-order valence-corrected chi connectivity index (χ4v) is 2.31. The molecule has 0 atom stereocenters. The van der Waals surface area contributed by atoms with Gasteiger partial charge in [0.2, 0.25) is 0 Å². The maximum Gasteiger partial charge on any atom is 0.0558 e. The Hall–Kier alpha value is -0.200. The summed E-state index contributed by atoms with van der Waals surface area (Å²) in [5, 5.41) is 17.8. The van der Waals surface area contributed by atoms with E-state index in [-0.39, 0.29) is 13.2 Å². The number of hydrogen-bond donors (Lipinski definition) is 3. The standard InChI is InChI=1S/C12H27N3O2/c13-12-2-6-14(7-3-12)4-1-5-15(8-10-16)9-11-17/h12,16-17H,1-11,13H2. The second-order valence-electron chi connectivity index (χ2n) is 4.82. The number of nitrogens with two attached hydrogens (primary N) is 1. The van der Waals surface area contributed by atoms with Gasteiger partial charge in [-0.1, -0.05) is 0 Å². The molecule has 0 radical (unpaired) electrons. The first-order valence-corrected chi connectivity index (χ1v) is 6.68. The third kappa shape index (κ3) is 6.33. The Bertz CT molecular complexity index is 179. The van der Waals surface area contributed by atoms with Crippen molar-refractivity contribution in [3.63, 3.8) is 0 Å². The van der Waals surface area contributed by atoms with Gasteiger partial charge in [0, 0.05) is 19.1 Å². The van der Waals surface area contributed by atoms with Gasteiger partial charge in [0.05, 0.1) is 13.2 Å². The average molecular weight is 245 g/mol. The van der Waals surface area contributed by atoms with E-state index in [0.29, 0.717) is 19.1 Å². The minimum atomic E-state index is 0.165. The topological polar surface area (TPSA) is 73.0 Å². The van der Waals surface area contributed by atoms with Gasteiger partial charge in [0.15, 0.2) is 0 Å². The normalized spacial score (nSPS) is 19.1. The van der Waals surface area contributed by atoms with Crippen molar-refractivity contribution in [2.45, 2.75) is 25.3 Å². The number of aliphatic hydroxyl groups excluding tert-OH is 2. The molecule has 0 aromatic carbocycles. The van der Waals surface area contributed by atoms with Crippen LogP contribution in [0.1, 0.15) is 19.3 Å². The molecule has 5 nitrogen and oxygen atoms in total. The van der Waals surface area contributed by atoms with Crippen LogP contribution in [0.3, 0.4) is 0 Å². The van der Waals surface area contributed by atoms with Gasteiger partial charge in [-0.05, 0) is 45.4 Å². The molecule has 0 saturated carbocycles. The van der Waals surface area contributed by atoms with Gasteiger partial charge in [-0.15, -0.1) is 0 Å². The van der Waals surface area contributed by atoms with Crippen LogP contribution in [-0.4, -0.2) is 78.5 Å². The highest BCUT2D eigenvalue weighted by atomic mass is 16.3. The van der Waals surface area contributed by atoms with Crippen LogP contribution in [0.15, 0.2) is 0 Å². The molecule has 0 amide bonds. The molecule has 1 rings (SSSR count). The molecule has 0 unspecified atom stereocenters. The third-order valence-electron chi connectivity index (χ3n) is 3.41. The van der Waals surface area contributed by atoms with Crippen LogP contribution in [0.5, 0.6) is 0 Å². The van der Waals surface area contributed by atoms with Crippen LogP contribution in [0.25, 0.3) is 0 Å². The Morgan fingerprint density at radius 1 is 1.06 bits per heavy atom. The molecule has 102 valence electrons. The van der Waals surface area contributed by atoms with Crippen molar-refractivity contribution >= 4 is 0 Å². The zero-order valence-corrected chi connectivity index (χ0v) is 10.7. The van der Waals surface area contributed by atoms with Gasteiger partial charge in [-0.2, -0.15) is 0 Å². The highest BCUT2D eigenvalue weighted by Crippen LogP contribution is 2.08. The van der Waals surface area contributed by atoms with Crippen LogP contribution in [0, 0.1) is 0 Å². The Morgan fingerprint density at radius 2 is 1.65 bits per heavy atom. The Labute approximate surface area is 104 Å². The van der Waals surface area contributed by atoms with Crippen molar-refractivity contribution in [1.82, 2.24) is 9.80 Å². The van der Waals surface area contributed by atoms with Crippen molar-refractivity contribution in [3.05, 3.63) is 0 Å². The summed E-state index contributed by atoms with van der Waals surface area (Å²) in [6, 6.07) is 0.395. The average Bonchev–Trinajstić information content (AvgIpc) is 2.32. The van der Waals surface area contributed by atoms with Gasteiger partial charge in [-0.3, -0.25) is 4.90 Å². The molecule has 1 saturated heterocycles. The molecule has 1 aliphatic rings. The summed E-state index contributed by atoms with van der Waals surface area (Å²) < 4.78 is 0. The predicted molar refractivity (Wildman–Crippen MR) is 68.9 cm³/mol. The minimum absolute atomic E-state index is 0.165. The van der Waals surface area contributed by atoms with Crippen LogP contribution in [-0.2, 0) is 0 Å². The Balaban J connectivity index is 2.08. The summed E-state index contributed by atoms with van der Waals surface area (Å²) in [5.41, 5.74) is 5.86. The summed E-state index contributed by atoms with van der Waals surface area (Å²) in [6.07, 6.45) is 3.31. The molecule has 0 aromatic rings. The molecule has 0 aliphatic carbocycles. The molecule has 1 aliphatic heterocycles. The highest BCUT2D eigenvalue weighted by Gasteiger charge is 2.15. The van der Waals surface area contributed by atoms with E-state index in [1.165, 1.54) is 0 Å². The molecular weight excluding hydrogens is 218 g/mol. The quantitative estimate of drug-likeness (QED) is 0.516. The summed E-state index contributed by atoms with van der Waals surface area (Å²) in [6.45, 7) is 5.92. The molecule has 5 heteroatoms. The molecule has 0 bridgehead atoms. The van der Waals surface area contributed by atoms with E-state index in [0.717, 1.165) is 45.4 Å². The molecule has 0 spiro atoms. The van der Waals surface area contributed by atoms with Crippen molar-refractivity contribution in [2.24, 2.45) is 5.73 Å². The number of aliphatic hydroxyl groups is 2. The van der Waals surface area contributed by atoms with Gasteiger partial charge < -0.3 is 20.8 Å². The van der Waals surface area contributed by atoms with E-state index in [2.05, 4.69) is 9.80 Å². The van der Waals surface area contributed by atoms with Crippen LogP contribution in [0.4, 0.5) is 0 Å². The molecule has 17 heavy (non-hydrogen) atoms. The number of piperidine rings is 1. The zero-order valence-electron chi connectivity index (χ0n) is 10.7. The van der Waals surface area contributed by atoms with Gasteiger partial charge in [-0.25, -0.2) is 0 Å². The maximum absolute atomic E-state index is 8.89. The van der Waals surface area contributed by atoms with E-state index in [1.54, 1.807) is 0 Å². The molecule has 1 heterocycles. The lowest BCUT2D eigenvalue weighted by atomic mass is 10.1. The lowest BCUT2D eigenvalue weighted by molar-refractivity contribution is 0.148. The second kappa shape index (κ2) is 8.83. The smallest absolute Gasteiger partial charge is 0.0558 e. The lowest BCUT2D eigenvalue weighted by Gasteiger charge is -2.30. The Kier molecular flexibility index (Phi) is 7.72. The minimum Gasteiger partial charge on any atom is -0.395 e. The first-order chi connectivity index (χ1) is 8.26. The summed E-state index contributed by atoms with van der Waals surface area (Å²) in [7, 11) is 0. The fourth-order valence-electron chi connectivity index (χ4n) is 2.31. The zero-order chi connectivity index (χ0) is 12.5. The molecular formula is C12H27N3O2. The summed E-state index contributed by atoms with van der Waals surface area (Å²) in [5.74, 6) is 0. The molecule has 0 aromatic heterocycles. The first kappa shape index (κ1) is 14.9. The number of hydrogen-bond acceptors (Lipinski definition) is 5. The Morgan fingerprint density at radius 3 is 2.18 bits per heavy atom. The van der Waals surface area contributed by atoms with E-state index < -0.39 is 0 Å². The molecule has 4 N–H and O–H groups in total. The van der Waals surface area contributed by atoms with Gasteiger partial charge in [0.1, 0.15) is 0 Å². The van der Waals surface area contributed by atoms with Crippen LogP contribution in [0.2, 0.25) is 0 Å². The van der Waals surface area contributed by atoms with Crippen molar-refractivity contribution in [3.8, 4) is 0 Å². The van der Waals surface area contributed by atoms with E-state index >= 15 is 0 Å². The largest absolute Gasteiger partial charge is 0.395 e. The van der Waals surface area contributed by atoms with Crippen LogP contribution >= 0.6 is 0 Å². The van der Waals surface area contributed by atoms with E-state index in [1.807, 2.05) is 0 Å². The van der Waals surface area contributed by atoms with Gasteiger partial charge >= 0.3 is 0 Å². The summed E-state index contributed by atoms with van der Waals surface area (Å²) in [4.78, 5) is 4.56. The predicted octanol–water partition coefficient (Wildman–Crippen LogP) is -0.914. The maximum atomic E-state index is 8.89. The highest BCUT2D eigenvalue weighted by molar-refractivity contribution is 4.74. The number of likely N-dealkylation sites (tertiary alicyclic amines) is 1. The monoisotopic (exact) mass is 245 g/mol. The van der Waals surface area contributed by atoms with Gasteiger partial charge in [0.25, 0.3) is 0 Å². The summed E-state index contributed by atoms with van der Waals surface area (Å²) >= 11 is 0. The number of nitrogens with zero attached hydrogens (tertiary/aromatic N) is 2. The first-order valence-electron chi connectivity index (χ1n) is 6.68.